The monoisotopic (exact) mass is 270 g/mol. The molecule has 1 atom stereocenters. The average Bonchev–Trinajstić information content (AvgIpc) is 2.41. The molecule has 0 aliphatic heterocycles. The first-order valence-corrected chi connectivity index (χ1v) is 6.88. The molecule has 0 saturated heterocycles. The zero-order chi connectivity index (χ0) is 14.5. The molecule has 4 heteroatoms. The molecule has 20 heavy (non-hydrogen) atoms. The zero-order valence-corrected chi connectivity index (χ0v) is 12.4. The highest BCUT2D eigenvalue weighted by molar-refractivity contribution is 5.34. The second-order valence-corrected chi connectivity index (χ2v) is 5.36. The number of nitrogens with zero attached hydrogens (tertiary/aromatic N) is 3. The van der Waals surface area contributed by atoms with E-state index in [9.17, 15) is 0 Å². The first kappa shape index (κ1) is 14.5. The quantitative estimate of drug-likeness (QED) is 0.906. The second-order valence-electron chi connectivity index (χ2n) is 5.36. The summed E-state index contributed by atoms with van der Waals surface area (Å²) < 4.78 is 0. The van der Waals surface area contributed by atoms with Crippen molar-refractivity contribution < 1.29 is 0 Å². The van der Waals surface area contributed by atoms with Crippen LogP contribution >= 0.6 is 0 Å². The number of rotatable bonds is 5. The fourth-order valence-electron chi connectivity index (χ4n) is 2.14. The molecule has 0 aliphatic carbocycles. The minimum Gasteiger partial charge on any atom is -0.340 e. The maximum atomic E-state index is 5.78. The Morgan fingerprint density at radius 2 is 1.85 bits per heavy atom. The Kier molecular flexibility index (Phi) is 4.69. The Bertz CT molecular complexity index is 549. The van der Waals surface area contributed by atoms with Crippen LogP contribution in [-0.4, -0.2) is 23.1 Å². The molecule has 0 bridgehead atoms. The van der Waals surface area contributed by atoms with E-state index >= 15 is 0 Å². The van der Waals surface area contributed by atoms with Crippen LogP contribution in [0, 0.1) is 6.92 Å². The smallest absolute Gasteiger partial charge is 0.225 e. The van der Waals surface area contributed by atoms with Gasteiger partial charge in [0.25, 0.3) is 0 Å². The Hall–Kier alpha value is -1.94. The molecule has 1 aromatic heterocycles. The lowest BCUT2D eigenvalue weighted by Gasteiger charge is -2.18. The van der Waals surface area contributed by atoms with Crippen molar-refractivity contribution in [1.82, 2.24) is 9.97 Å². The lowest BCUT2D eigenvalue weighted by atomic mass is 10.1. The Morgan fingerprint density at radius 3 is 2.45 bits per heavy atom. The second kappa shape index (κ2) is 6.48. The molecule has 0 radical (unpaired) electrons. The van der Waals surface area contributed by atoms with Gasteiger partial charge in [-0.1, -0.05) is 24.3 Å². The van der Waals surface area contributed by atoms with Crippen molar-refractivity contribution >= 4 is 5.95 Å². The molecule has 106 valence electrons. The molecule has 0 spiro atoms. The maximum Gasteiger partial charge on any atom is 0.225 e. The third-order valence-electron chi connectivity index (χ3n) is 3.26. The number of hydrogen-bond acceptors (Lipinski definition) is 4. The van der Waals surface area contributed by atoms with Crippen LogP contribution in [0.25, 0.3) is 0 Å². The van der Waals surface area contributed by atoms with Gasteiger partial charge in [-0.3, -0.25) is 0 Å². The van der Waals surface area contributed by atoms with E-state index < -0.39 is 0 Å². The van der Waals surface area contributed by atoms with E-state index in [-0.39, 0.29) is 6.04 Å². The SMILES string of the molecule is Cc1ccccc1CN(C)c1ncc(CC(C)N)cn1. The molecular weight excluding hydrogens is 248 g/mol. The Labute approximate surface area is 120 Å². The third-order valence-corrected chi connectivity index (χ3v) is 3.26. The normalized spacial score (nSPS) is 12.2. The van der Waals surface area contributed by atoms with Crippen LogP contribution in [0.2, 0.25) is 0 Å². The van der Waals surface area contributed by atoms with Gasteiger partial charge in [0.15, 0.2) is 0 Å². The molecule has 0 amide bonds. The minimum absolute atomic E-state index is 0.133. The van der Waals surface area contributed by atoms with Gasteiger partial charge < -0.3 is 10.6 Å². The van der Waals surface area contributed by atoms with Gasteiger partial charge in [-0.15, -0.1) is 0 Å². The van der Waals surface area contributed by atoms with Gasteiger partial charge in [0.05, 0.1) is 0 Å². The summed E-state index contributed by atoms with van der Waals surface area (Å²) in [5.74, 6) is 0.738. The van der Waals surface area contributed by atoms with Gasteiger partial charge in [-0.25, -0.2) is 9.97 Å². The van der Waals surface area contributed by atoms with Crippen molar-refractivity contribution in [2.24, 2.45) is 5.73 Å². The van der Waals surface area contributed by atoms with Gasteiger partial charge >= 0.3 is 0 Å². The van der Waals surface area contributed by atoms with Crippen LogP contribution in [0.3, 0.4) is 0 Å². The minimum atomic E-state index is 0.133. The molecule has 0 saturated carbocycles. The maximum absolute atomic E-state index is 5.78. The van der Waals surface area contributed by atoms with Crippen LogP contribution < -0.4 is 10.6 Å². The number of benzene rings is 1. The third kappa shape index (κ3) is 3.78. The van der Waals surface area contributed by atoms with E-state index in [2.05, 4.69) is 46.1 Å². The first-order valence-electron chi connectivity index (χ1n) is 6.88. The highest BCUT2D eigenvalue weighted by Gasteiger charge is 2.07. The highest BCUT2D eigenvalue weighted by atomic mass is 15.2. The van der Waals surface area contributed by atoms with Gasteiger partial charge in [-0.2, -0.15) is 0 Å². The van der Waals surface area contributed by atoms with E-state index in [1.165, 1.54) is 11.1 Å². The first-order chi connectivity index (χ1) is 9.56. The molecule has 4 nitrogen and oxygen atoms in total. The Balaban J connectivity index is 2.06. The summed E-state index contributed by atoms with van der Waals surface area (Å²) in [6, 6.07) is 8.50. The molecule has 1 aromatic carbocycles. The molecule has 1 unspecified atom stereocenters. The van der Waals surface area contributed by atoms with E-state index in [0.717, 1.165) is 24.5 Å². The topological polar surface area (TPSA) is 55.0 Å². The van der Waals surface area contributed by atoms with Crippen molar-refractivity contribution in [3.8, 4) is 0 Å². The van der Waals surface area contributed by atoms with Crippen LogP contribution in [0.15, 0.2) is 36.7 Å². The van der Waals surface area contributed by atoms with Crippen LogP contribution in [-0.2, 0) is 13.0 Å². The van der Waals surface area contributed by atoms with Crippen molar-refractivity contribution in [2.45, 2.75) is 32.9 Å². The summed E-state index contributed by atoms with van der Waals surface area (Å²) in [6.45, 7) is 4.91. The predicted octanol–water partition coefficient (Wildman–Crippen LogP) is 2.31. The lowest BCUT2D eigenvalue weighted by Crippen LogP contribution is -2.21. The molecule has 2 aromatic rings. The van der Waals surface area contributed by atoms with Gasteiger partial charge in [0.2, 0.25) is 5.95 Å². The molecule has 2 rings (SSSR count). The van der Waals surface area contributed by atoms with E-state index in [1.807, 2.05) is 26.4 Å². The molecule has 0 fully saturated rings. The van der Waals surface area contributed by atoms with Crippen LogP contribution in [0.5, 0.6) is 0 Å². The largest absolute Gasteiger partial charge is 0.340 e. The van der Waals surface area contributed by atoms with Crippen molar-refractivity contribution in [3.63, 3.8) is 0 Å². The summed E-state index contributed by atoms with van der Waals surface area (Å²) in [5, 5.41) is 0. The van der Waals surface area contributed by atoms with Crippen LogP contribution in [0.4, 0.5) is 5.95 Å². The summed E-state index contributed by atoms with van der Waals surface area (Å²) in [6.07, 6.45) is 4.53. The van der Waals surface area contributed by atoms with Crippen molar-refractivity contribution in [1.29, 1.82) is 0 Å². The Morgan fingerprint density at radius 1 is 1.20 bits per heavy atom. The molecule has 2 N–H and O–H groups in total. The summed E-state index contributed by atoms with van der Waals surface area (Å²) in [7, 11) is 2.01. The van der Waals surface area contributed by atoms with E-state index in [0.29, 0.717) is 0 Å². The van der Waals surface area contributed by atoms with Gasteiger partial charge in [0.1, 0.15) is 0 Å². The summed E-state index contributed by atoms with van der Waals surface area (Å²) in [5.41, 5.74) is 9.43. The average molecular weight is 270 g/mol. The zero-order valence-electron chi connectivity index (χ0n) is 12.4. The van der Waals surface area contributed by atoms with E-state index in [4.69, 9.17) is 5.73 Å². The lowest BCUT2D eigenvalue weighted by molar-refractivity contribution is 0.730. The number of aryl methyl sites for hydroxylation is 1. The van der Waals surface area contributed by atoms with Crippen LogP contribution in [0.1, 0.15) is 23.6 Å². The fourth-order valence-corrected chi connectivity index (χ4v) is 2.14. The van der Waals surface area contributed by atoms with Crippen molar-refractivity contribution in [2.75, 3.05) is 11.9 Å². The summed E-state index contributed by atoms with van der Waals surface area (Å²) >= 11 is 0. The standard InChI is InChI=1S/C16H22N4/c1-12-6-4-5-7-15(12)11-20(3)16-18-9-14(10-19-16)8-13(2)17/h4-7,9-10,13H,8,11,17H2,1-3H3. The van der Waals surface area contributed by atoms with Gasteiger partial charge in [-0.05, 0) is 37.0 Å². The molecule has 0 aliphatic rings. The molecule has 1 heterocycles. The van der Waals surface area contributed by atoms with E-state index in [1.54, 1.807) is 0 Å². The fraction of sp³-hybridized carbons (Fsp3) is 0.375. The highest BCUT2D eigenvalue weighted by Crippen LogP contribution is 2.13. The van der Waals surface area contributed by atoms with Crippen molar-refractivity contribution in [3.05, 3.63) is 53.3 Å². The molecular formula is C16H22N4. The number of aromatic nitrogens is 2. The predicted molar refractivity (Wildman–Crippen MR) is 82.7 cm³/mol. The number of anilines is 1. The van der Waals surface area contributed by atoms with Gasteiger partial charge in [0, 0.05) is 32.0 Å². The summed E-state index contributed by atoms with van der Waals surface area (Å²) in [4.78, 5) is 10.9. The number of hydrogen-bond donors (Lipinski definition) is 1. The number of nitrogens with two attached hydrogens (primary N) is 1.